The molecule has 18 heavy (non-hydrogen) atoms. The summed E-state index contributed by atoms with van der Waals surface area (Å²) in [6.07, 6.45) is 5.14. The van der Waals surface area contributed by atoms with E-state index in [1.165, 1.54) is 25.7 Å². The van der Waals surface area contributed by atoms with Crippen molar-refractivity contribution < 1.29 is 0 Å². The average Bonchev–Trinajstić information content (AvgIpc) is 2.62. The molecule has 0 radical (unpaired) electrons. The predicted octanol–water partition coefficient (Wildman–Crippen LogP) is 2.60. The summed E-state index contributed by atoms with van der Waals surface area (Å²) in [4.78, 5) is 2.55. The third-order valence-corrected chi connectivity index (χ3v) is 4.46. The highest BCUT2D eigenvalue weighted by Crippen LogP contribution is 2.35. The predicted molar refractivity (Wildman–Crippen MR) is 72.4 cm³/mol. The van der Waals surface area contributed by atoms with Gasteiger partial charge in [-0.15, -0.1) is 0 Å². The molecule has 2 fully saturated rings. The fraction of sp³-hybridized carbons (Fsp3) is 0.533. The number of nitriles is 1. The van der Waals surface area contributed by atoms with Crippen molar-refractivity contribution in [3.8, 4) is 6.07 Å². The van der Waals surface area contributed by atoms with Crippen LogP contribution in [0.4, 0.5) is 5.69 Å². The van der Waals surface area contributed by atoms with Crippen molar-refractivity contribution in [1.29, 1.82) is 5.26 Å². The number of nitrogens with zero attached hydrogens (tertiary/aromatic N) is 2. The zero-order chi connectivity index (χ0) is 12.5. The maximum Gasteiger partial charge on any atom is 0.0992 e. The van der Waals surface area contributed by atoms with Crippen molar-refractivity contribution in [2.45, 2.75) is 43.8 Å². The van der Waals surface area contributed by atoms with Crippen LogP contribution in [0, 0.1) is 11.3 Å². The zero-order valence-corrected chi connectivity index (χ0v) is 10.8. The molecule has 0 saturated carbocycles. The summed E-state index contributed by atoms with van der Waals surface area (Å²) < 4.78 is 0. The normalized spacial score (nSPS) is 31.0. The molecule has 94 valence electrons. The van der Waals surface area contributed by atoms with Crippen LogP contribution < -0.4 is 5.32 Å². The first-order chi connectivity index (χ1) is 8.76. The molecule has 0 aliphatic carbocycles. The molecule has 1 aromatic rings. The van der Waals surface area contributed by atoms with Gasteiger partial charge >= 0.3 is 0 Å². The lowest BCUT2D eigenvalue weighted by molar-refractivity contribution is 0.169. The Morgan fingerprint density at radius 2 is 2.00 bits per heavy atom. The maximum atomic E-state index is 8.91. The lowest BCUT2D eigenvalue weighted by Crippen LogP contribution is -2.44. The molecule has 2 aliphatic rings. The van der Waals surface area contributed by atoms with Crippen LogP contribution in [-0.2, 0) is 0 Å². The van der Waals surface area contributed by atoms with E-state index in [4.69, 9.17) is 5.26 Å². The summed E-state index contributed by atoms with van der Waals surface area (Å²) in [5.41, 5.74) is 1.82. The number of benzene rings is 1. The summed E-state index contributed by atoms with van der Waals surface area (Å²) in [5.74, 6) is 0. The lowest BCUT2D eigenvalue weighted by Gasteiger charge is -2.37. The second-order valence-corrected chi connectivity index (χ2v) is 5.56. The highest BCUT2D eigenvalue weighted by Gasteiger charge is 2.38. The quantitative estimate of drug-likeness (QED) is 0.865. The Morgan fingerprint density at radius 1 is 1.28 bits per heavy atom. The second-order valence-electron chi connectivity index (χ2n) is 5.56. The molecule has 0 amide bonds. The van der Waals surface area contributed by atoms with E-state index in [0.29, 0.717) is 6.04 Å². The molecule has 0 spiro atoms. The van der Waals surface area contributed by atoms with Crippen LogP contribution in [0.3, 0.4) is 0 Å². The topological polar surface area (TPSA) is 39.1 Å². The summed E-state index contributed by atoms with van der Waals surface area (Å²) in [5, 5.41) is 12.5. The molecule has 1 N–H and O–H groups in total. The van der Waals surface area contributed by atoms with Gasteiger partial charge in [0, 0.05) is 23.8 Å². The Bertz CT molecular complexity index is 463. The molecule has 0 aromatic heterocycles. The molecule has 2 aliphatic heterocycles. The first-order valence-electron chi connectivity index (χ1n) is 6.75. The number of hydrogen-bond donors (Lipinski definition) is 1. The first kappa shape index (κ1) is 11.6. The van der Waals surface area contributed by atoms with Gasteiger partial charge < -0.3 is 10.2 Å². The van der Waals surface area contributed by atoms with Gasteiger partial charge in [0.2, 0.25) is 0 Å². The van der Waals surface area contributed by atoms with Gasteiger partial charge in [-0.1, -0.05) is 6.07 Å². The largest absolute Gasteiger partial charge is 0.382 e. The Hall–Kier alpha value is -1.53. The Kier molecular flexibility index (Phi) is 2.97. The van der Waals surface area contributed by atoms with Crippen LogP contribution in [-0.4, -0.2) is 30.1 Å². The highest BCUT2D eigenvalue weighted by atomic mass is 15.2. The second kappa shape index (κ2) is 4.62. The van der Waals surface area contributed by atoms with Crippen LogP contribution in [0.5, 0.6) is 0 Å². The van der Waals surface area contributed by atoms with E-state index >= 15 is 0 Å². The Morgan fingerprint density at radius 3 is 2.67 bits per heavy atom. The van der Waals surface area contributed by atoms with Crippen LogP contribution in [0.15, 0.2) is 24.3 Å². The van der Waals surface area contributed by atoms with E-state index in [1.54, 1.807) is 0 Å². The number of anilines is 1. The van der Waals surface area contributed by atoms with E-state index < -0.39 is 0 Å². The van der Waals surface area contributed by atoms with E-state index in [-0.39, 0.29) is 0 Å². The van der Waals surface area contributed by atoms with Crippen LogP contribution in [0.25, 0.3) is 0 Å². The van der Waals surface area contributed by atoms with Gasteiger partial charge in [-0.3, -0.25) is 0 Å². The minimum Gasteiger partial charge on any atom is -0.382 e. The molecule has 3 nitrogen and oxygen atoms in total. The van der Waals surface area contributed by atoms with Gasteiger partial charge in [-0.2, -0.15) is 5.26 Å². The Balaban J connectivity index is 1.69. The van der Waals surface area contributed by atoms with Crippen LogP contribution in [0.1, 0.15) is 31.2 Å². The van der Waals surface area contributed by atoms with Gasteiger partial charge in [0.25, 0.3) is 0 Å². The number of hydrogen-bond acceptors (Lipinski definition) is 3. The van der Waals surface area contributed by atoms with E-state index in [0.717, 1.165) is 23.3 Å². The molecule has 2 atom stereocenters. The van der Waals surface area contributed by atoms with Crippen molar-refractivity contribution in [3.05, 3.63) is 29.8 Å². The molecule has 2 bridgehead atoms. The zero-order valence-electron chi connectivity index (χ0n) is 10.8. The molecule has 2 heterocycles. The Labute approximate surface area is 108 Å². The van der Waals surface area contributed by atoms with Gasteiger partial charge in [-0.05, 0) is 50.9 Å². The van der Waals surface area contributed by atoms with Gasteiger partial charge in [0.15, 0.2) is 0 Å². The minimum atomic E-state index is 0.563. The third-order valence-electron chi connectivity index (χ3n) is 4.46. The molecule has 3 rings (SSSR count). The summed E-state index contributed by atoms with van der Waals surface area (Å²) >= 11 is 0. The average molecular weight is 241 g/mol. The minimum absolute atomic E-state index is 0.563. The smallest absolute Gasteiger partial charge is 0.0992 e. The van der Waals surface area contributed by atoms with E-state index in [1.807, 2.05) is 18.2 Å². The fourth-order valence-corrected chi connectivity index (χ4v) is 3.44. The van der Waals surface area contributed by atoms with Gasteiger partial charge in [0.05, 0.1) is 11.6 Å². The van der Waals surface area contributed by atoms with Crippen molar-refractivity contribution in [1.82, 2.24) is 4.90 Å². The maximum absolute atomic E-state index is 8.91. The highest BCUT2D eigenvalue weighted by molar-refractivity contribution is 5.49. The number of fused-ring (bicyclic) bond motifs is 2. The SMILES string of the molecule is CN1C2CCC1CC(Nc1cccc(C#N)c1)C2. The molecular weight excluding hydrogens is 222 g/mol. The fourth-order valence-electron chi connectivity index (χ4n) is 3.44. The van der Waals surface area contributed by atoms with Crippen LogP contribution in [0.2, 0.25) is 0 Å². The number of piperidine rings is 1. The van der Waals surface area contributed by atoms with Crippen LogP contribution >= 0.6 is 0 Å². The molecular formula is C15H19N3. The van der Waals surface area contributed by atoms with Crippen molar-refractivity contribution in [2.24, 2.45) is 0 Å². The molecule has 2 unspecified atom stereocenters. The molecule has 3 heteroatoms. The number of rotatable bonds is 2. The van der Waals surface area contributed by atoms with E-state index in [9.17, 15) is 0 Å². The lowest BCUT2D eigenvalue weighted by atomic mass is 9.97. The third kappa shape index (κ3) is 2.09. The standard InChI is InChI=1S/C15H19N3/c1-18-14-5-6-15(18)9-13(8-14)17-12-4-2-3-11(7-12)10-16/h2-4,7,13-15,17H,5-6,8-9H2,1H3. The van der Waals surface area contributed by atoms with Gasteiger partial charge in [0.1, 0.15) is 0 Å². The molecule has 1 aromatic carbocycles. The van der Waals surface area contributed by atoms with Crippen molar-refractivity contribution >= 4 is 5.69 Å². The summed E-state index contributed by atoms with van der Waals surface area (Å²) in [6.45, 7) is 0. The summed E-state index contributed by atoms with van der Waals surface area (Å²) in [6, 6.07) is 12.1. The van der Waals surface area contributed by atoms with Crippen molar-refractivity contribution in [3.63, 3.8) is 0 Å². The first-order valence-corrected chi connectivity index (χ1v) is 6.75. The monoisotopic (exact) mass is 241 g/mol. The van der Waals surface area contributed by atoms with Gasteiger partial charge in [-0.25, -0.2) is 0 Å². The van der Waals surface area contributed by atoms with E-state index in [2.05, 4.69) is 29.4 Å². The number of nitrogens with one attached hydrogen (secondary N) is 1. The van der Waals surface area contributed by atoms with Crippen molar-refractivity contribution in [2.75, 3.05) is 12.4 Å². The molecule has 2 saturated heterocycles. The summed E-state index contributed by atoms with van der Waals surface area (Å²) in [7, 11) is 2.26.